The molecule has 1 aliphatic rings. The third-order valence-electron chi connectivity index (χ3n) is 2.48. The molecule has 0 amide bonds. The molecule has 0 aliphatic heterocycles. The average Bonchev–Trinajstić information content (AvgIpc) is 3.00. The fraction of sp³-hybridized carbons (Fsp3) is 0.455. The summed E-state index contributed by atoms with van der Waals surface area (Å²) in [5, 5.41) is 0. The molecule has 16 heavy (non-hydrogen) atoms. The predicted octanol–water partition coefficient (Wildman–Crippen LogP) is 2.77. The highest BCUT2D eigenvalue weighted by atomic mass is 79.9. The molecule has 1 aliphatic carbocycles. The first-order chi connectivity index (χ1) is 7.70. The molecule has 3 nitrogen and oxygen atoms in total. The van der Waals surface area contributed by atoms with Gasteiger partial charge >= 0.3 is 0 Å². The number of hydrogen-bond acceptors (Lipinski definition) is 3. The molecule has 0 spiro atoms. The lowest BCUT2D eigenvalue weighted by Crippen LogP contribution is -2.06. The Kier molecular flexibility index (Phi) is 3.78. The third-order valence-corrected chi connectivity index (χ3v) is 3.07. The van der Waals surface area contributed by atoms with Crippen molar-refractivity contribution in [1.82, 2.24) is 0 Å². The topological polar surface area (TPSA) is 44.5 Å². The summed E-state index contributed by atoms with van der Waals surface area (Å²) in [7, 11) is 0. The van der Waals surface area contributed by atoms with E-state index in [0.717, 1.165) is 0 Å². The fourth-order valence-corrected chi connectivity index (χ4v) is 2.05. The number of benzene rings is 1. The maximum Gasteiger partial charge on any atom is 0.139 e. The summed E-state index contributed by atoms with van der Waals surface area (Å²) in [5.41, 5.74) is 0.620. The van der Waals surface area contributed by atoms with Crippen molar-refractivity contribution in [2.75, 3.05) is 6.61 Å². The van der Waals surface area contributed by atoms with Gasteiger partial charge in [-0.05, 0) is 46.8 Å². The van der Waals surface area contributed by atoms with E-state index in [4.69, 9.17) is 10.6 Å². The van der Waals surface area contributed by atoms with Gasteiger partial charge in [0.15, 0.2) is 0 Å². The molecule has 1 saturated carbocycles. The van der Waals surface area contributed by atoms with Crippen molar-refractivity contribution in [2.24, 2.45) is 11.8 Å². The summed E-state index contributed by atoms with van der Waals surface area (Å²) in [6, 6.07) is 2.75. The van der Waals surface area contributed by atoms with E-state index in [1.165, 1.54) is 25.0 Å². The minimum Gasteiger partial charge on any atom is -0.492 e. The van der Waals surface area contributed by atoms with Crippen molar-refractivity contribution < 1.29 is 14.0 Å². The largest absolute Gasteiger partial charge is 0.492 e. The van der Waals surface area contributed by atoms with E-state index in [2.05, 4.69) is 20.8 Å². The Bertz CT molecular complexity index is 382. The van der Waals surface area contributed by atoms with Crippen molar-refractivity contribution in [3.63, 3.8) is 0 Å². The van der Waals surface area contributed by atoms with E-state index in [0.29, 0.717) is 28.3 Å². The molecule has 1 aromatic carbocycles. The van der Waals surface area contributed by atoms with Gasteiger partial charge in [0.2, 0.25) is 0 Å². The van der Waals surface area contributed by atoms with Crippen LogP contribution in [0.5, 0.6) is 5.75 Å². The molecule has 0 saturated heterocycles. The van der Waals surface area contributed by atoms with Crippen LogP contribution in [0.2, 0.25) is 0 Å². The van der Waals surface area contributed by atoms with Crippen LogP contribution >= 0.6 is 15.9 Å². The number of hydrogen-bond donors (Lipinski definition) is 1. The first-order valence-electron chi connectivity index (χ1n) is 5.13. The summed E-state index contributed by atoms with van der Waals surface area (Å²) >= 11 is 3.28. The average molecular weight is 290 g/mol. The summed E-state index contributed by atoms with van der Waals surface area (Å²) in [4.78, 5) is 4.53. The molecule has 0 atom stereocenters. The standard InChI is InChI=1S/C11H13BrFNO2/c12-10-4-9(13)3-8(6-16-14)11(10)15-5-7-1-2-7/h3-4,7H,1-2,5-6,14H2. The number of nitrogens with two attached hydrogens (primary N) is 1. The van der Waals surface area contributed by atoms with Crippen molar-refractivity contribution in [2.45, 2.75) is 19.4 Å². The van der Waals surface area contributed by atoms with E-state index < -0.39 is 0 Å². The summed E-state index contributed by atoms with van der Waals surface area (Å²) in [5.74, 6) is 5.94. The smallest absolute Gasteiger partial charge is 0.139 e. The quantitative estimate of drug-likeness (QED) is 0.848. The molecular formula is C11H13BrFNO2. The minimum atomic E-state index is -0.335. The van der Waals surface area contributed by atoms with Gasteiger partial charge in [0.25, 0.3) is 0 Å². The van der Waals surface area contributed by atoms with Gasteiger partial charge in [-0.2, -0.15) is 0 Å². The number of rotatable bonds is 5. The Morgan fingerprint density at radius 3 is 2.81 bits per heavy atom. The maximum absolute atomic E-state index is 13.2. The Balaban J connectivity index is 2.16. The Labute approximate surface area is 102 Å². The molecule has 88 valence electrons. The van der Waals surface area contributed by atoms with E-state index in [1.807, 2.05) is 0 Å². The molecule has 0 radical (unpaired) electrons. The van der Waals surface area contributed by atoms with Crippen molar-refractivity contribution in [1.29, 1.82) is 0 Å². The lowest BCUT2D eigenvalue weighted by atomic mass is 10.2. The highest BCUT2D eigenvalue weighted by molar-refractivity contribution is 9.10. The predicted molar refractivity (Wildman–Crippen MR) is 61.3 cm³/mol. The lowest BCUT2D eigenvalue weighted by molar-refractivity contribution is 0.120. The molecule has 0 heterocycles. The van der Waals surface area contributed by atoms with Crippen molar-refractivity contribution in [3.05, 3.63) is 28.0 Å². The monoisotopic (exact) mass is 289 g/mol. The zero-order chi connectivity index (χ0) is 11.5. The van der Waals surface area contributed by atoms with Crippen LogP contribution in [0.25, 0.3) is 0 Å². The fourth-order valence-electron chi connectivity index (χ4n) is 1.46. The number of halogens is 2. The van der Waals surface area contributed by atoms with Crippen LogP contribution in [0.1, 0.15) is 18.4 Å². The zero-order valence-corrected chi connectivity index (χ0v) is 10.3. The summed E-state index contributed by atoms with van der Waals surface area (Å²) in [6.45, 7) is 0.804. The zero-order valence-electron chi connectivity index (χ0n) is 8.71. The van der Waals surface area contributed by atoms with E-state index in [1.54, 1.807) is 0 Å². The Morgan fingerprint density at radius 2 is 2.19 bits per heavy atom. The van der Waals surface area contributed by atoms with Crippen LogP contribution < -0.4 is 10.6 Å². The molecule has 0 bridgehead atoms. The van der Waals surface area contributed by atoms with Crippen LogP contribution in [-0.2, 0) is 11.4 Å². The molecule has 0 aromatic heterocycles. The molecule has 5 heteroatoms. The number of ether oxygens (including phenoxy) is 1. The second-order valence-electron chi connectivity index (χ2n) is 3.94. The first-order valence-corrected chi connectivity index (χ1v) is 5.92. The van der Waals surface area contributed by atoms with Crippen LogP contribution in [0, 0.1) is 11.7 Å². The van der Waals surface area contributed by atoms with Crippen LogP contribution in [0.15, 0.2) is 16.6 Å². The van der Waals surface area contributed by atoms with Crippen molar-refractivity contribution >= 4 is 15.9 Å². The van der Waals surface area contributed by atoms with E-state index in [9.17, 15) is 4.39 Å². The second-order valence-corrected chi connectivity index (χ2v) is 4.80. The van der Waals surface area contributed by atoms with Crippen molar-refractivity contribution in [3.8, 4) is 5.75 Å². The SMILES string of the molecule is NOCc1cc(F)cc(Br)c1OCC1CC1. The summed E-state index contributed by atoms with van der Waals surface area (Å²) in [6.07, 6.45) is 2.42. The molecule has 1 aromatic rings. The molecule has 0 unspecified atom stereocenters. The van der Waals surface area contributed by atoms with Gasteiger partial charge in [0.1, 0.15) is 11.6 Å². The van der Waals surface area contributed by atoms with Gasteiger partial charge in [-0.25, -0.2) is 10.3 Å². The minimum absolute atomic E-state index is 0.135. The highest BCUT2D eigenvalue weighted by Crippen LogP contribution is 2.34. The second kappa shape index (κ2) is 5.12. The third kappa shape index (κ3) is 2.93. The first kappa shape index (κ1) is 11.8. The van der Waals surface area contributed by atoms with E-state index >= 15 is 0 Å². The van der Waals surface area contributed by atoms with Gasteiger partial charge in [-0.1, -0.05) is 0 Å². The van der Waals surface area contributed by atoms with Crippen LogP contribution in [0.3, 0.4) is 0 Å². The molecular weight excluding hydrogens is 277 g/mol. The van der Waals surface area contributed by atoms with Gasteiger partial charge < -0.3 is 4.74 Å². The van der Waals surface area contributed by atoms with Gasteiger partial charge in [-0.3, -0.25) is 4.84 Å². The summed E-state index contributed by atoms with van der Waals surface area (Å²) < 4.78 is 19.4. The molecule has 2 rings (SSSR count). The van der Waals surface area contributed by atoms with Gasteiger partial charge in [-0.15, -0.1) is 0 Å². The van der Waals surface area contributed by atoms with E-state index in [-0.39, 0.29) is 12.4 Å². The Hall–Kier alpha value is -0.650. The van der Waals surface area contributed by atoms with Crippen LogP contribution in [-0.4, -0.2) is 6.61 Å². The Morgan fingerprint density at radius 1 is 1.44 bits per heavy atom. The van der Waals surface area contributed by atoms with Gasteiger partial charge in [0.05, 0.1) is 17.7 Å². The van der Waals surface area contributed by atoms with Crippen LogP contribution in [0.4, 0.5) is 4.39 Å². The normalized spacial score (nSPS) is 15.2. The maximum atomic E-state index is 13.2. The highest BCUT2D eigenvalue weighted by Gasteiger charge is 2.23. The lowest BCUT2D eigenvalue weighted by Gasteiger charge is -2.12. The van der Waals surface area contributed by atoms with Gasteiger partial charge in [0, 0.05) is 5.56 Å². The molecule has 1 fully saturated rings. The molecule has 2 N–H and O–H groups in total.